The summed E-state index contributed by atoms with van der Waals surface area (Å²) in [5.41, 5.74) is 1.70. The molecule has 1 aliphatic rings. The minimum atomic E-state index is -3.82. The zero-order chi connectivity index (χ0) is 26.7. The smallest absolute Gasteiger partial charge is 0.244 e. The Hall–Kier alpha value is -3.27. The molecule has 0 radical (unpaired) electrons. The number of anilines is 1. The van der Waals surface area contributed by atoms with E-state index in [0.717, 1.165) is 15.4 Å². The molecule has 1 aliphatic heterocycles. The van der Waals surface area contributed by atoms with Crippen molar-refractivity contribution in [2.24, 2.45) is 0 Å². The molecule has 1 atom stereocenters. The number of nitrogens with one attached hydrogen (secondary N) is 1. The largest absolute Gasteiger partial charge is 0.454 e. The quantitative estimate of drug-likeness (QED) is 0.548. The van der Waals surface area contributed by atoms with Gasteiger partial charge in [0.25, 0.3) is 0 Å². The number of aryl methyl sites for hydroxylation is 1. The maximum atomic E-state index is 13.7. The minimum Gasteiger partial charge on any atom is -0.454 e. The summed E-state index contributed by atoms with van der Waals surface area (Å²) in [4.78, 5) is 28.1. The lowest BCUT2D eigenvalue weighted by Crippen LogP contribution is -2.54. The molecule has 10 heteroatoms. The Balaban J connectivity index is 1.94. The Bertz CT molecular complexity index is 1210. The summed E-state index contributed by atoms with van der Waals surface area (Å²) in [6.07, 6.45) is 0. The number of amides is 2. The summed E-state index contributed by atoms with van der Waals surface area (Å²) in [5, 5.41) is 2.91. The van der Waals surface area contributed by atoms with Crippen LogP contribution in [0.4, 0.5) is 5.69 Å². The van der Waals surface area contributed by atoms with Crippen molar-refractivity contribution in [3.63, 3.8) is 0 Å². The number of carbonyl (C=O) groups excluding carboxylic acids is 2. The third-order valence-electron chi connectivity index (χ3n) is 5.76. The van der Waals surface area contributed by atoms with Crippen molar-refractivity contribution >= 4 is 27.5 Å². The molecule has 0 spiro atoms. The van der Waals surface area contributed by atoms with Crippen LogP contribution in [0.2, 0.25) is 0 Å². The topological polar surface area (TPSA) is 105 Å². The lowest BCUT2D eigenvalue weighted by atomic mass is 10.1. The van der Waals surface area contributed by atoms with E-state index in [4.69, 9.17) is 9.47 Å². The van der Waals surface area contributed by atoms with Crippen molar-refractivity contribution in [1.29, 1.82) is 0 Å². The molecule has 0 bridgehead atoms. The maximum absolute atomic E-state index is 13.7. The van der Waals surface area contributed by atoms with Gasteiger partial charge in [0.1, 0.15) is 12.6 Å². The fourth-order valence-corrected chi connectivity index (χ4v) is 4.76. The number of nitrogens with zero attached hydrogens (tertiary/aromatic N) is 2. The average Bonchev–Trinajstić information content (AvgIpc) is 3.28. The van der Waals surface area contributed by atoms with Gasteiger partial charge in [-0.3, -0.25) is 13.9 Å². The van der Waals surface area contributed by atoms with Crippen LogP contribution in [0.25, 0.3) is 0 Å². The summed E-state index contributed by atoms with van der Waals surface area (Å²) in [5.74, 6) is -0.108. The molecule has 3 rings (SSSR count). The van der Waals surface area contributed by atoms with Gasteiger partial charge in [0.2, 0.25) is 28.6 Å². The Labute approximate surface area is 213 Å². The zero-order valence-electron chi connectivity index (χ0n) is 21.7. The van der Waals surface area contributed by atoms with E-state index in [2.05, 4.69) is 5.32 Å². The van der Waals surface area contributed by atoms with Gasteiger partial charge < -0.3 is 19.7 Å². The molecule has 36 heavy (non-hydrogen) atoms. The molecule has 0 aromatic heterocycles. The van der Waals surface area contributed by atoms with E-state index in [1.807, 2.05) is 52.0 Å². The van der Waals surface area contributed by atoms with E-state index in [0.29, 0.717) is 11.5 Å². The van der Waals surface area contributed by atoms with Gasteiger partial charge >= 0.3 is 0 Å². The predicted octanol–water partition coefficient (Wildman–Crippen LogP) is 3.21. The fourth-order valence-electron chi connectivity index (χ4n) is 3.71. The first-order valence-corrected chi connectivity index (χ1v) is 13.5. The summed E-state index contributed by atoms with van der Waals surface area (Å²) < 4.78 is 37.9. The van der Waals surface area contributed by atoms with Gasteiger partial charge in [-0.1, -0.05) is 29.8 Å². The predicted molar refractivity (Wildman–Crippen MR) is 138 cm³/mol. The molecular formula is C26H35N3O6S. The van der Waals surface area contributed by atoms with Gasteiger partial charge in [0, 0.05) is 18.2 Å². The SMILES string of the molecule is CCS(=O)(=O)N(CC(=O)N(Cc1ccc(C)cc1)C(C)C(=O)NC(C)(C)C)c1ccc2c(c1)OCO2. The average molecular weight is 518 g/mol. The second-order valence-electron chi connectivity index (χ2n) is 9.87. The van der Waals surface area contributed by atoms with Crippen molar-refractivity contribution in [3.8, 4) is 11.5 Å². The van der Waals surface area contributed by atoms with Gasteiger partial charge in [-0.25, -0.2) is 8.42 Å². The first-order chi connectivity index (χ1) is 16.8. The second kappa shape index (κ2) is 10.8. The van der Waals surface area contributed by atoms with Gasteiger partial charge in [-0.15, -0.1) is 0 Å². The van der Waals surface area contributed by atoms with Crippen molar-refractivity contribution in [3.05, 3.63) is 53.6 Å². The Morgan fingerprint density at radius 1 is 1.06 bits per heavy atom. The highest BCUT2D eigenvalue weighted by Gasteiger charge is 2.32. The molecule has 1 unspecified atom stereocenters. The van der Waals surface area contributed by atoms with E-state index in [-0.39, 0.29) is 30.7 Å². The Morgan fingerprint density at radius 2 is 1.69 bits per heavy atom. The minimum absolute atomic E-state index is 0.0446. The van der Waals surface area contributed by atoms with Crippen LogP contribution in [0.15, 0.2) is 42.5 Å². The molecule has 0 saturated carbocycles. The molecule has 1 heterocycles. The van der Waals surface area contributed by atoms with E-state index in [9.17, 15) is 18.0 Å². The lowest BCUT2D eigenvalue weighted by molar-refractivity contribution is -0.140. The molecule has 0 fully saturated rings. The number of hydrogen-bond acceptors (Lipinski definition) is 6. The lowest BCUT2D eigenvalue weighted by Gasteiger charge is -2.33. The van der Waals surface area contributed by atoms with Crippen molar-refractivity contribution in [1.82, 2.24) is 10.2 Å². The van der Waals surface area contributed by atoms with Gasteiger partial charge in [-0.05, 0) is 59.2 Å². The number of sulfonamides is 1. The normalized spacial score (nSPS) is 13.7. The molecule has 0 saturated heterocycles. The molecule has 9 nitrogen and oxygen atoms in total. The number of rotatable bonds is 9. The van der Waals surface area contributed by atoms with Crippen LogP contribution in [0.1, 0.15) is 45.7 Å². The van der Waals surface area contributed by atoms with Crippen molar-refractivity contribution in [2.75, 3.05) is 23.4 Å². The van der Waals surface area contributed by atoms with Gasteiger partial charge in [0.15, 0.2) is 11.5 Å². The number of carbonyl (C=O) groups is 2. The third kappa shape index (κ3) is 6.69. The third-order valence-corrected chi connectivity index (χ3v) is 7.50. The fraction of sp³-hybridized carbons (Fsp3) is 0.462. The van der Waals surface area contributed by atoms with Crippen LogP contribution in [0.5, 0.6) is 11.5 Å². The van der Waals surface area contributed by atoms with Crippen molar-refractivity contribution in [2.45, 2.75) is 59.7 Å². The van der Waals surface area contributed by atoms with Crippen LogP contribution in [-0.2, 0) is 26.2 Å². The van der Waals surface area contributed by atoms with E-state index in [1.54, 1.807) is 25.1 Å². The molecule has 0 aliphatic carbocycles. The number of benzene rings is 2. The number of hydrogen-bond donors (Lipinski definition) is 1. The summed E-state index contributed by atoms with van der Waals surface area (Å²) in [6, 6.07) is 11.5. The maximum Gasteiger partial charge on any atom is 0.244 e. The van der Waals surface area contributed by atoms with Crippen LogP contribution in [0.3, 0.4) is 0 Å². The molecular weight excluding hydrogens is 482 g/mol. The first-order valence-electron chi connectivity index (χ1n) is 11.9. The van der Waals surface area contributed by atoms with E-state index in [1.165, 1.54) is 11.8 Å². The van der Waals surface area contributed by atoms with Crippen LogP contribution < -0.4 is 19.1 Å². The standard InChI is InChI=1S/C26H35N3O6S/c1-7-36(32,33)29(21-12-13-22-23(14-21)35-17-34-22)16-24(30)28(15-20-10-8-18(2)9-11-20)19(3)25(31)27-26(4,5)6/h8-14,19H,7,15-17H2,1-6H3,(H,27,31). The number of ether oxygens (including phenoxy) is 2. The summed E-state index contributed by atoms with van der Waals surface area (Å²) in [6.45, 7) is 10.4. The van der Waals surface area contributed by atoms with Gasteiger partial charge in [-0.2, -0.15) is 0 Å². The van der Waals surface area contributed by atoms with Crippen molar-refractivity contribution < 1.29 is 27.5 Å². The molecule has 2 aromatic carbocycles. The Morgan fingerprint density at radius 3 is 2.31 bits per heavy atom. The molecule has 196 valence electrons. The van der Waals surface area contributed by atoms with Crippen LogP contribution in [0, 0.1) is 6.92 Å². The Kier molecular flexibility index (Phi) is 8.18. The van der Waals surface area contributed by atoms with E-state index < -0.39 is 34.1 Å². The zero-order valence-corrected chi connectivity index (χ0v) is 22.5. The monoisotopic (exact) mass is 517 g/mol. The summed E-state index contributed by atoms with van der Waals surface area (Å²) in [7, 11) is -3.82. The first kappa shape index (κ1) is 27.3. The van der Waals surface area contributed by atoms with E-state index >= 15 is 0 Å². The molecule has 1 N–H and O–H groups in total. The molecule has 2 aromatic rings. The summed E-state index contributed by atoms with van der Waals surface area (Å²) >= 11 is 0. The highest BCUT2D eigenvalue weighted by molar-refractivity contribution is 7.92. The van der Waals surface area contributed by atoms with Gasteiger partial charge in [0.05, 0.1) is 11.4 Å². The highest BCUT2D eigenvalue weighted by Crippen LogP contribution is 2.36. The second-order valence-corrected chi connectivity index (χ2v) is 12.0. The van der Waals surface area contributed by atoms with Crippen LogP contribution in [-0.4, -0.2) is 55.8 Å². The number of fused-ring (bicyclic) bond motifs is 1. The molecule has 2 amide bonds. The highest BCUT2D eigenvalue weighted by atomic mass is 32.2. The van der Waals surface area contributed by atoms with Crippen LogP contribution >= 0.6 is 0 Å².